The summed E-state index contributed by atoms with van der Waals surface area (Å²) in [6.45, 7) is 8.15. The molecule has 0 bridgehead atoms. The molecule has 1 aliphatic rings. The molecule has 0 saturated heterocycles. The molecule has 1 aromatic heterocycles. The van der Waals surface area contributed by atoms with Crippen molar-refractivity contribution in [3.05, 3.63) is 47.0 Å². The topological polar surface area (TPSA) is 85.6 Å². The molecule has 2 aromatic rings. The minimum absolute atomic E-state index is 0.269. The van der Waals surface area contributed by atoms with Crippen molar-refractivity contribution in [2.24, 2.45) is 4.99 Å². The van der Waals surface area contributed by atoms with E-state index < -0.39 is 0 Å². The van der Waals surface area contributed by atoms with Crippen LogP contribution in [0.1, 0.15) is 43.0 Å². The highest BCUT2D eigenvalue weighted by molar-refractivity contribution is 5.80. The molecule has 29 heavy (non-hydrogen) atoms. The summed E-state index contributed by atoms with van der Waals surface area (Å²) in [7, 11) is 1.66. The molecule has 2 N–H and O–H groups in total. The molecular weight excluding hydrogens is 368 g/mol. The predicted molar refractivity (Wildman–Crippen MR) is 113 cm³/mol. The molecule has 2 heterocycles. The van der Waals surface area contributed by atoms with Crippen LogP contribution in [0.25, 0.3) is 0 Å². The second kappa shape index (κ2) is 10.9. The van der Waals surface area contributed by atoms with E-state index >= 15 is 0 Å². The third kappa shape index (κ3) is 6.27. The molecule has 0 aliphatic carbocycles. The third-order valence-electron chi connectivity index (χ3n) is 4.78. The fourth-order valence-corrected chi connectivity index (χ4v) is 3.31. The number of methoxy groups -OCH3 is 1. The van der Waals surface area contributed by atoms with Crippen molar-refractivity contribution in [2.75, 3.05) is 20.3 Å². The Hall–Kier alpha value is -2.45. The van der Waals surface area contributed by atoms with Crippen LogP contribution < -0.4 is 10.6 Å². The first kappa shape index (κ1) is 21.3. The van der Waals surface area contributed by atoms with Crippen molar-refractivity contribution in [2.45, 2.75) is 59.0 Å². The lowest BCUT2D eigenvalue weighted by atomic mass is 10.1. The standard InChI is InChI=1S/C21H32N6O2/c1-4-22-21(23-12-16-6-8-17(9-7-16)14-29-5-2)24-18-10-11-20-25-19(15-28-3)26-27(20)13-18/h6-9,18H,4-5,10-15H2,1-3H3,(H2,22,23,24). The van der Waals surface area contributed by atoms with Crippen LogP contribution in [0.5, 0.6) is 0 Å². The van der Waals surface area contributed by atoms with Crippen molar-refractivity contribution in [3.63, 3.8) is 0 Å². The summed E-state index contributed by atoms with van der Waals surface area (Å²) in [6.07, 6.45) is 1.90. The van der Waals surface area contributed by atoms with Gasteiger partial charge in [0.05, 0.1) is 19.7 Å². The van der Waals surface area contributed by atoms with E-state index in [4.69, 9.17) is 14.5 Å². The number of hydrogen-bond donors (Lipinski definition) is 2. The van der Waals surface area contributed by atoms with Gasteiger partial charge < -0.3 is 20.1 Å². The van der Waals surface area contributed by atoms with E-state index in [1.54, 1.807) is 7.11 Å². The quantitative estimate of drug-likeness (QED) is 0.495. The van der Waals surface area contributed by atoms with Gasteiger partial charge in [0.25, 0.3) is 0 Å². The first-order chi connectivity index (χ1) is 14.2. The number of benzene rings is 1. The van der Waals surface area contributed by atoms with Gasteiger partial charge in [0.1, 0.15) is 12.4 Å². The average Bonchev–Trinajstić information content (AvgIpc) is 3.13. The van der Waals surface area contributed by atoms with Gasteiger partial charge in [-0.2, -0.15) is 5.10 Å². The van der Waals surface area contributed by atoms with Crippen molar-refractivity contribution < 1.29 is 9.47 Å². The number of ether oxygens (including phenoxy) is 2. The molecule has 0 saturated carbocycles. The van der Waals surface area contributed by atoms with Gasteiger partial charge in [-0.1, -0.05) is 24.3 Å². The lowest BCUT2D eigenvalue weighted by Crippen LogP contribution is -2.47. The largest absolute Gasteiger partial charge is 0.377 e. The molecule has 0 radical (unpaired) electrons. The van der Waals surface area contributed by atoms with Crippen LogP contribution in [0, 0.1) is 0 Å². The van der Waals surface area contributed by atoms with Crippen molar-refractivity contribution in [3.8, 4) is 0 Å². The van der Waals surface area contributed by atoms with Crippen LogP contribution in [-0.2, 0) is 42.2 Å². The van der Waals surface area contributed by atoms with Gasteiger partial charge in [-0.3, -0.25) is 0 Å². The molecule has 0 fully saturated rings. The summed E-state index contributed by atoms with van der Waals surface area (Å²) in [5.41, 5.74) is 2.36. The molecule has 1 unspecified atom stereocenters. The van der Waals surface area contributed by atoms with Crippen molar-refractivity contribution in [1.29, 1.82) is 0 Å². The molecule has 8 heteroatoms. The minimum atomic E-state index is 0.269. The summed E-state index contributed by atoms with van der Waals surface area (Å²) < 4.78 is 12.6. The number of aromatic nitrogens is 3. The zero-order valence-electron chi connectivity index (χ0n) is 17.6. The smallest absolute Gasteiger partial charge is 0.191 e. The molecule has 0 amide bonds. The fourth-order valence-electron chi connectivity index (χ4n) is 3.31. The van der Waals surface area contributed by atoms with E-state index in [2.05, 4.69) is 51.9 Å². The second-order valence-corrected chi connectivity index (χ2v) is 7.09. The van der Waals surface area contributed by atoms with Crippen LogP contribution in [0.15, 0.2) is 29.3 Å². The van der Waals surface area contributed by atoms with Gasteiger partial charge in [0.2, 0.25) is 0 Å². The Balaban J connectivity index is 1.57. The summed E-state index contributed by atoms with van der Waals surface area (Å²) in [4.78, 5) is 9.29. The third-order valence-corrected chi connectivity index (χ3v) is 4.78. The van der Waals surface area contributed by atoms with Crippen LogP contribution in [0.2, 0.25) is 0 Å². The molecule has 3 rings (SSSR count). The molecular formula is C21H32N6O2. The molecule has 8 nitrogen and oxygen atoms in total. The summed E-state index contributed by atoms with van der Waals surface area (Å²) in [5.74, 6) is 2.61. The molecule has 0 spiro atoms. The van der Waals surface area contributed by atoms with Gasteiger partial charge in [-0.25, -0.2) is 14.7 Å². The highest BCUT2D eigenvalue weighted by atomic mass is 16.5. The lowest BCUT2D eigenvalue weighted by molar-refractivity contribution is 0.134. The summed E-state index contributed by atoms with van der Waals surface area (Å²) in [6, 6.07) is 8.70. The van der Waals surface area contributed by atoms with Crippen LogP contribution in [0.3, 0.4) is 0 Å². The Morgan fingerprint density at radius 2 is 2.00 bits per heavy atom. The normalized spacial score (nSPS) is 16.5. The van der Waals surface area contributed by atoms with E-state index in [0.717, 1.165) is 50.1 Å². The van der Waals surface area contributed by atoms with Crippen molar-refractivity contribution >= 4 is 5.96 Å². The van der Waals surface area contributed by atoms with Crippen LogP contribution in [0.4, 0.5) is 0 Å². The Bertz CT molecular complexity index is 787. The molecule has 158 valence electrons. The monoisotopic (exact) mass is 400 g/mol. The van der Waals surface area contributed by atoms with Crippen molar-refractivity contribution in [1.82, 2.24) is 25.4 Å². The highest BCUT2D eigenvalue weighted by Gasteiger charge is 2.22. The maximum absolute atomic E-state index is 5.45. The van der Waals surface area contributed by atoms with E-state index in [0.29, 0.717) is 19.8 Å². The highest BCUT2D eigenvalue weighted by Crippen LogP contribution is 2.14. The Labute approximate surface area is 172 Å². The molecule has 1 aliphatic heterocycles. The zero-order chi connectivity index (χ0) is 20.5. The maximum atomic E-state index is 5.45. The van der Waals surface area contributed by atoms with Gasteiger partial charge in [-0.05, 0) is 31.4 Å². The SMILES string of the molecule is CCNC(=NCc1ccc(COCC)cc1)NC1CCc2nc(COC)nn2C1. The van der Waals surface area contributed by atoms with Gasteiger partial charge >= 0.3 is 0 Å². The fraction of sp³-hybridized carbons (Fsp3) is 0.571. The average molecular weight is 401 g/mol. The second-order valence-electron chi connectivity index (χ2n) is 7.09. The Kier molecular flexibility index (Phi) is 8.01. The number of nitrogens with one attached hydrogen (secondary N) is 2. The summed E-state index contributed by atoms with van der Waals surface area (Å²) >= 11 is 0. The Morgan fingerprint density at radius 1 is 1.21 bits per heavy atom. The van der Waals surface area contributed by atoms with E-state index in [9.17, 15) is 0 Å². The Morgan fingerprint density at radius 3 is 2.72 bits per heavy atom. The first-order valence-electron chi connectivity index (χ1n) is 10.3. The van der Waals surface area contributed by atoms with E-state index in [-0.39, 0.29) is 6.04 Å². The van der Waals surface area contributed by atoms with E-state index in [1.165, 1.54) is 11.1 Å². The van der Waals surface area contributed by atoms with Gasteiger partial charge in [-0.15, -0.1) is 0 Å². The first-order valence-corrected chi connectivity index (χ1v) is 10.3. The van der Waals surface area contributed by atoms with Crippen LogP contribution >= 0.6 is 0 Å². The number of nitrogens with zero attached hydrogens (tertiary/aromatic N) is 4. The molecule has 1 aromatic carbocycles. The number of aliphatic imine (C=N–C) groups is 1. The van der Waals surface area contributed by atoms with Gasteiger partial charge in [0, 0.05) is 32.7 Å². The minimum Gasteiger partial charge on any atom is -0.377 e. The predicted octanol–water partition coefficient (Wildman–Crippen LogP) is 2.03. The maximum Gasteiger partial charge on any atom is 0.191 e. The number of guanidine groups is 1. The number of hydrogen-bond acceptors (Lipinski definition) is 5. The molecule has 1 atom stereocenters. The number of fused-ring (bicyclic) bond motifs is 1. The van der Waals surface area contributed by atoms with Crippen LogP contribution in [-0.4, -0.2) is 47.0 Å². The lowest BCUT2D eigenvalue weighted by Gasteiger charge is -2.25. The number of rotatable bonds is 9. The summed E-state index contributed by atoms with van der Waals surface area (Å²) in [5, 5.41) is 11.4. The van der Waals surface area contributed by atoms with E-state index in [1.807, 2.05) is 11.6 Å². The number of aryl methyl sites for hydroxylation is 1. The zero-order valence-corrected chi connectivity index (χ0v) is 17.6. The van der Waals surface area contributed by atoms with Gasteiger partial charge in [0.15, 0.2) is 11.8 Å².